The molecule has 0 bridgehead atoms. The molecule has 0 unspecified atom stereocenters. The van der Waals surface area contributed by atoms with Crippen molar-refractivity contribution < 1.29 is 4.74 Å². The van der Waals surface area contributed by atoms with Gasteiger partial charge in [0.1, 0.15) is 0 Å². The van der Waals surface area contributed by atoms with E-state index in [1.165, 1.54) is 11.1 Å². The van der Waals surface area contributed by atoms with Crippen LogP contribution >= 0.6 is 0 Å². The molecule has 0 N–H and O–H groups in total. The highest BCUT2D eigenvalue weighted by molar-refractivity contribution is 5.65. The van der Waals surface area contributed by atoms with Gasteiger partial charge >= 0.3 is 0 Å². The first-order valence-electron chi connectivity index (χ1n) is 5.29. The number of allylic oxidation sites excluding steroid dienone is 1. The Hall–Kier alpha value is -1.08. The lowest BCUT2D eigenvalue weighted by Crippen LogP contribution is -2.00. The maximum atomic E-state index is 5.41. The zero-order valence-corrected chi connectivity index (χ0v) is 8.41. The fourth-order valence-electron chi connectivity index (χ4n) is 1.80. The third kappa shape index (κ3) is 2.46. The van der Waals surface area contributed by atoms with Gasteiger partial charge < -0.3 is 4.74 Å². The molecule has 0 saturated carbocycles. The first-order valence-corrected chi connectivity index (χ1v) is 5.29. The van der Waals surface area contributed by atoms with E-state index in [0.29, 0.717) is 0 Å². The van der Waals surface area contributed by atoms with Gasteiger partial charge in [-0.2, -0.15) is 0 Å². The van der Waals surface area contributed by atoms with Gasteiger partial charge in [0.2, 0.25) is 0 Å². The predicted molar refractivity (Wildman–Crippen MR) is 59.1 cm³/mol. The summed E-state index contributed by atoms with van der Waals surface area (Å²) in [4.78, 5) is 0. The van der Waals surface area contributed by atoms with E-state index in [9.17, 15) is 0 Å². The number of hydrogen-bond donors (Lipinski definition) is 0. The Morgan fingerprint density at radius 1 is 1.00 bits per heavy atom. The van der Waals surface area contributed by atoms with Gasteiger partial charge in [0.25, 0.3) is 0 Å². The molecule has 0 radical (unpaired) electrons. The van der Waals surface area contributed by atoms with Crippen LogP contribution in [-0.4, -0.2) is 13.2 Å². The molecule has 1 aliphatic rings. The van der Waals surface area contributed by atoms with E-state index in [0.717, 1.165) is 32.5 Å². The topological polar surface area (TPSA) is 9.23 Å². The SMILES string of the molecule is C1=C(c2ccccc2)CCCOCC1. The van der Waals surface area contributed by atoms with Crippen molar-refractivity contribution in [2.75, 3.05) is 13.2 Å². The molecule has 0 amide bonds. The third-order valence-electron chi connectivity index (χ3n) is 2.53. The number of hydrogen-bond acceptors (Lipinski definition) is 1. The van der Waals surface area contributed by atoms with Crippen LogP contribution in [0.5, 0.6) is 0 Å². The molecule has 0 saturated heterocycles. The van der Waals surface area contributed by atoms with E-state index in [4.69, 9.17) is 4.74 Å². The fourth-order valence-corrected chi connectivity index (χ4v) is 1.80. The Bertz CT molecular complexity index is 300. The van der Waals surface area contributed by atoms with E-state index >= 15 is 0 Å². The number of rotatable bonds is 1. The van der Waals surface area contributed by atoms with Crippen molar-refractivity contribution in [1.29, 1.82) is 0 Å². The monoisotopic (exact) mass is 188 g/mol. The first kappa shape index (κ1) is 9.47. The van der Waals surface area contributed by atoms with Crippen molar-refractivity contribution in [3.8, 4) is 0 Å². The maximum absolute atomic E-state index is 5.41. The predicted octanol–water partition coefficient (Wildman–Crippen LogP) is 3.27. The maximum Gasteiger partial charge on any atom is 0.0500 e. The highest BCUT2D eigenvalue weighted by atomic mass is 16.5. The van der Waals surface area contributed by atoms with Gasteiger partial charge in [-0.25, -0.2) is 0 Å². The van der Waals surface area contributed by atoms with E-state index in [1.807, 2.05) is 0 Å². The van der Waals surface area contributed by atoms with Crippen molar-refractivity contribution in [3.63, 3.8) is 0 Å². The standard InChI is InChI=1S/C13H16O/c1-2-6-12(7-3-1)13-8-4-10-14-11-5-9-13/h1-3,6-8H,4-5,9-11H2. The van der Waals surface area contributed by atoms with Crippen molar-refractivity contribution in [2.45, 2.75) is 19.3 Å². The van der Waals surface area contributed by atoms with Crippen molar-refractivity contribution in [1.82, 2.24) is 0 Å². The average molecular weight is 188 g/mol. The summed E-state index contributed by atoms with van der Waals surface area (Å²) in [6.45, 7) is 1.78. The van der Waals surface area contributed by atoms with E-state index in [2.05, 4.69) is 36.4 Å². The molecule has 1 aliphatic heterocycles. The normalized spacial score (nSPS) is 18.1. The molecule has 0 fully saturated rings. The summed E-state index contributed by atoms with van der Waals surface area (Å²) in [6.07, 6.45) is 5.64. The zero-order chi connectivity index (χ0) is 9.64. The minimum Gasteiger partial charge on any atom is -0.381 e. The second kappa shape index (κ2) is 4.97. The highest BCUT2D eigenvalue weighted by Crippen LogP contribution is 2.21. The second-order valence-corrected chi connectivity index (χ2v) is 3.60. The molecule has 1 aromatic rings. The summed E-state index contributed by atoms with van der Waals surface area (Å²) < 4.78 is 5.41. The lowest BCUT2D eigenvalue weighted by molar-refractivity contribution is 0.135. The van der Waals surface area contributed by atoms with Gasteiger partial charge in [0.05, 0.1) is 6.61 Å². The minimum atomic E-state index is 0.871. The van der Waals surface area contributed by atoms with Crippen molar-refractivity contribution >= 4 is 5.57 Å². The molecule has 0 aromatic heterocycles. The molecule has 0 aliphatic carbocycles. The quantitative estimate of drug-likeness (QED) is 0.657. The van der Waals surface area contributed by atoms with Crippen molar-refractivity contribution in [3.05, 3.63) is 42.0 Å². The minimum absolute atomic E-state index is 0.871. The molecule has 74 valence electrons. The highest BCUT2D eigenvalue weighted by Gasteiger charge is 2.03. The van der Waals surface area contributed by atoms with Crippen LogP contribution in [0.25, 0.3) is 5.57 Å². The van der Waals surface area contributed by atoms with Gasteiger partial charge in [-0.3, -0.25) is 0 Å². The van der Waals surface area contributed by atoms with Crippen LogP contribution in [-0.2, 0) is 4.74 Å². The number of ether oxygens (including phenoxy) is 1. The zero-order valence-electron chi connectivity index (χ0n) is 8.41. The summed E-state index contributed by atoms with van der Waals surface area (Å²) in [6, 6.07) is 10.6. The molecular weight excluding hydrogens is 172 g/mol. The molecule has 0 atom stereocenters. The van der Waals surface area contributed by atoms with Crippen LogP contribution in [0.2, 0.25) is 0 Å². The van der Waals surface area contributed by atoms with Crippen LogP contribution in [0.1, 0.15) is 24.8 Å². The van der Waals surface area contributed by atoms with Gasteiger partial charge in [-0.05, 0) is 30.4 Å². The molecule has 1 heteroatoms. The van der Waals surface area contributed by atoms with Crippen LogP contribution in [0.3, 0.4) is 0 Å². The second-order valence-electron chi connectivity index (χ2n) is 3.60. The molecule has 2 rings (SSSR count). The molecule has 14 heavy (non-hydrogen) atoms. The molecule has 1 heterocycles. The van der Waals surface area contributed by atoms with Crippen LogP contribution < -0.4 is 0 Å². The van der Waals surface area contributed by atoms with Gasteiger partial charge in [-0.1, -0.05) is 36.4 Å². The Morgan fingerprint density at radius 3 is 2.71 bits per heavy atom. The largest absolute Gasteiger partial charge is 0.381 e. The van der Waals surface area contributed by atoms with Crippen molar-refractivity contribution in [2.24, 2.45) is 0 Å². The fraction of sp³-hybridized carbons (Fsp3) is 0.385. The van der Waals surface area contributed by atoms with E-state index in [-0.39, 0.29) is 0 Å². The van der Waals surface area contributed by atoms with Gasteiger partial charge in [-0.15, -0.1) is 0 Å². The van der Waals surface area contributed by atoms with Crippen LogP contribution in [0.4, 0.5) is 0 Å². The Balaban J connectivity index is 2.15. The van der Waals surface area contributed by atoms with Crippen LogP contribution in [0, 0.1) is 0 Å². The summed E-state index contributed by atoms with van der Waals surface area (Å²) in [7, 11) is 0. The Kier molecular flexibility index (Phi) is 3.36. The lowest BCUT2D eigenvalue weighted by Gasteiger charge is -2.12. The molecule has 1 nitrogen and oxygen atoms in total. The average Bonchev–Trinajstić information content (AvgIpc) is 2.18. The van der Waals surface area contributed by atoms with E-state index < -0.39 is 0 Å². The molecule has 0 spiro atoms. The summed E-state index contributed by atoms with van der Waals surface area (Å²) >= 11 is 0. The summed E-state index contributed by atoms with van der Waals surface area (Å²) in [5.41, 5.74) is 2.85. The van der Waals surface area contributed by atoms with Gasteiger partial charge in [0.15, 0.2) is 0 Å². The molecule has 1 aromatic carbocycles. The smallest absolute Gasteiger partial charge is 0.0500 e. The summed E-state index contributed by atoms with van der Waals surface area (Å²) in [5, 5.41) is 0. The Morgan fingerprint density at radius 2 is 1.86 bits per heavy atom. The summed E-state index contributed by atoms with van der Waals surface area (Å²) in [5.74, 6) is 0. The van der Waals surface area contributed by atoms with Crippen LogP contribution in [0.15, 0.2) is 36.4 Å². The van der Waals surface area contributed by atoms with E-state index in [1.54, 1.807) is 0 Å². The number of benzene rings is 1. The Labute approximate surface area is 85.4 Å². The molecular formula is C13H16O. The first-order chi connectivity index (χ1) is 6.97. The van der Waals surface area contributed by atoms with Gasteiger partial charge in [0, 0.05) is 6.61 Å². The lowest BCUT2D eigenvalue weighted by atomic mass is 10.00. The third-order valence-corrected chi connectivity index (χ3v) is 2.53.